The monoisotopic (exact) mass is 214 g/mol. The average Bonchev–Trinajstić information content (AvgIpc) is 2.16. The molecular weight excluding hydrogens is 198 g/mol. The van der Waals surface area contributed by atoms with E-state index in [0.29, 0.717) is 6.54 Å². The lowest BCUT2D eigenvalue weighted by molar-refractivity contribution is -0.687. The van der Waals surface area contributed by atoms with Crippen molar-refractivity contribution in [3.63, 3.8) is 0 Å². The molecule has 0 aliphatic heterocycles. The Kier molecular flexibility index (Phi) is 3.72. The summed E-state index contributed by atoms with van der Waals surface area (Å²) in [6.07, 6.45) is 7.27. The number of aromatic nitrogens is 1. The second kappa shape index (κ2) is 4.82. The van der Waals surface area contributed by atoms with Gasteiger partial charge < -0.3 is 0 Å². The Morgan fingerprint density at radius 1 is 1.33 bits per heavy atom. The van der Waals surface area contributed by atoms with Crippen LogP contribution in [0.3, 0.4) is 0 Å². The van der Waals surface area contributed by atoms with Crippen molar-refractivity contribution in [2.75, 3.05) is 0 Å². The predicted octanol–water partition coefficient (Wildman–Crippen LogP) is 1.84. The van der Waals surface area contributed by atoms with Crippen LogP contribution in [-0.2, 0) is 6.54 Å². The first-order valence-corrected chi connectivity index (χ1v) is 8.48. The highest BCUT2D eigenvalue weighted by molar-refractivity contribution is 6.83. The molecular formula is C13H16NSi+. The van der Waals surface area contributed by atoms with Crippen molar-refractivity contribution in [3.05, 3.63) is 30.1 Å². The van der Waals surface area contributed by atoms with E-state index in [0.717, 1.165) is 5.69 Å². The van der Waals surface area contributed by atoms with E-state index in [2.05, 4.69) is 37.0 Å². The molecule has 1 aromatic rings. The highest BCUT2D eigenvalue weighted by Gasteiger charge is 2.09. The van der Waals surface area contributed by atoms with Crippen molar-refractivity contribution < 1.29 is 4.57 Å². The van der Waals surface area contributed by atoms with E-state index in [4.69, 9.17) is 6.42 Å². The summed E-state index contributed by atoms with van der Waals surface area (Å²) in [6, 6.07) is 5.96. The number of nitrogens with zero attached hydrogens (tertiary/aromatic N) is 1. The van der Waals surface area contributed by atoms with Crippen molar-refractivity contribution in [3.8, 4) is 23.8 Å². The van der Waals surface area contributed by atoms with Gasteiger partial charge in [0.15, 0.2) is 6.20 Å². The van der Waals surface area contributed by atoms with Crippen LogP contribution in [0.4, 0.5) is 0 Å². The number of rotatable bonds is 1. The van der Waals surface area contributed by atoms with Gasteiger partial charge in [-0.25, -0.2) is 0 Å². The Balaban J connectivity index is 3.03. The fourth-order valence-electron chi connectivity index (χ4n) is 1.08. The number of pyridine rings is 1. The van der Waals surface area contributed by atoms with Gasteiger partial charge in [0.1, 0.15) is 8.07 Å². The maximum atomic E-state index is 5.30. The van der Waals surface area contributed by atoms with E-state index in [1.54, 1.807) is 0 Å². The van der Waals surface area contributed by atoms with Crippen molar-refractivity contribution in [1.29, 1.82) is 0 Å². The Labute approximate surface area is 93.2 Å². The van der Waals surface area contributed by atoms with Gasteiger partial charge in [-0.1, -0.05) is 19.6 Å². The lowest BCUT2D eigenvalue weighted by atomic mass is 10.3. The van der Waals surface area contributed by atoms with Gasteiger partial charge >= 0.3 is 0 Å². The number of hydrogen-bond acceptors (Lipinski definition) is 0. The molecule has 1 heterocycles. The van der Waals surface area contributed by atoms with Crippen LogP contribution in [0.5, 0.6) is 0 Å². The van der Waals surface area contributed by atoms with Crippen molar-refractivity contribution in [2.45, 2.75) is 26.2 Å². The Bertz CT molecular complexity index is 438. The van der Waals surface area contributed by atoms with Crippen LogP contribution in [0.1, 0.15) is 5.69 Å². The molecule has 0 saturated heterocycles. The molecule has 1 nitrogen and oxygen atoms in total. The van der Waals surface area contributed by atoms with Gasteiger partial charge in [0.2, 0.25) is 6.54 Å². The van der Waals surface area contributed by atoms with Gasteiger partial charge in [-0.2, -0.15) is 4.57 Å². The third-order valence-electron chi connectivity index (χ3n) is 1.77. The average molecular weight is 214 g/mol. The minimum atomic E-state index is -1.31. The molecule has 0 amide bonds. The molecule has 0 unspecified atom stereocenters. The zero-order valence-corrected chi connectivity index (χ0v) is 10.5. The van der Waals surface area contributed by atoms with Gasteiger partial charge in [-0.15, -0.1) is 12.0 Å². The van der Waals surface area contributed by atoms with E-state index in [-0.39, 0.29) is 0 Å². The van der Waals surface area contributed by atoms with Gasteiger partial charge in [-0.05, 0) is 17.9 Å². The minimum absolute atomic E-state index is 0.580. The van der Waals surface area contributed by atoms with E-state index >= 15 is 0 Å². The molecule has 76 valence electrons. The highest BCUT2D eigenvalue weighted by atomic mass is 28.3. The molecule has 0 aromatic carbocycles. The van der Waals surface area contributed by atoms with Crippen LogP contribution < -0.4 is 4.57 Å². The second-order valence-corrected chi connectivity index (χ2v) is 9.17. The zero-order valence-electron chi connectivity index (χ0n) is 9.54. The molecule has 0 spiro atoms. The van der Waals surface area contributed by atoms with E-state index < -0.39 is 8.07 Å². The highest BCUT2D eigenvalue weighted by Crippen LogP contribution is 1.97. The fraction of sp³-hybridized carbons (Fsp3) is 0.308. The van der Waals surface area contributed by atoms with Crippen molar-refractivity contribution >= 4 is 8.07 Å². The molecule has 1 aromatic heterocycles. The summed E-state index contributed by atoms with van der Waals surface area (Å²) in [5.41, 5.74) is 4.33. The van der Waals surface area contributed by atoms with Gasteiger partial charge in [-0.3, -0.25) is 0 Å². The molecule has 0 fully saturated rings. The van der Waals surface area contributed by atoms with Crippen LogP contribution in [0.25, 0.3) is 0 Å². The molecule has 0 N–H and O–H groups in total. The van der Waals surface area contributed by atoms with Crippen LogP contribution in [-0.4, -0.2) is 8.07 Å². The van der Waals surface area contributed by atoms with E-state index in [9.17, 15) is 0 Å². The SMILES string of the molecule is C#CC[n+]1ccccc1C#C[Si](C)(C)C. The first kappa shape index (κ1) is 11.6. The largest absolute Gasteiger partial charge is 0.257 e. The summed E-state index contributed by atoms with van der Waals surface area (Å²) in [5, 5.41) is 0. The number of hydrogen-bond donors (Lipinski definition) is 0. The van der Waals surface area contributed by atoms with Gasteiger partial charge in [0.25, 0.3) is 5.69 Å². The lowest BCUT2D eigenvalue weighted by Gasteiger charge is -2.02. The van der Waals surface area contributed by atoms with E-state index in [1.807, 2.05) is 29.0 Å². The molecule has 0 atom stereocenters. The summed E-state index contributed by atoms with van der Waals surface area (Å²) in [4.78, 5) is 0. The van der Waals surface area contributed by atoms with Crippen molar-refractivity contribution in [2.24, 2.45) is 0 Å². The molecule has 0 saturated carbocycles. The molecule has 0 radical (unpaired) electrons. The van der Waals surface area contributed by atoms with Gasteiger partial charge in [0, 0.05) is 12.1 Å². The van der Waals surface area contributed by atoms with Crippen LogP contribution >= 0.6 is 0 Å². The second-order valence-electron chi connectivity index (χ2n) is 4.42. The molecule has 2 heteroatoms. The Hall–Kier alpha value is -1.51. The topological polar surface area (TPSA) is 3.88 Å². The van der Waals surface area contributed by atoms with Crippen LogP contribution in [0.2, 0.25) is 19.6 Å². The molecule has 0 aliphatic rings. The third-order valence-corrected chi connectivity index (χ3v) is 2.64. The molecule has 0 bridgehead atoms. The third kappa shape index (κ3) is 4.02. The van der Waals surface area contributed by atoms with Gasteiger partial charge in [0.05, 0.1) is 0 Å². The predicted molar refractivity (Wildman–Crippen MR) is 65.7 cm³/mol. The molecule has 1 rings (SSSR count). The summed E-state index contributed by atoms with van der Waals surface area (Å²) in [5.74, 6) is 5.85. The first-order valence-electron chi connectivity index (χ1n) is 4.98. The zero-order chi connectivity index (χ0) is 11.3. The van der Waals surface area contributed by atoms with Crippen LogP contribution in [0, 0.1) is 23.8 Å². The summed E-state index contributed by atoms with van der Waals surface area (Å²) < 4.78 is 1.99. The normalized spacial score (nSPS) is 10.0. The first-order chi connectivity index (χ1) is 7.03. The maximum absolute atomic E-state index is 5.30. The standard InChI is InChI=1S/C13H16NSi/c1-5-10-14-11-7-6-8-13(14)9-12-15(2,3)4/h1,6-8,11H,10H2,2-4H3/q+1. The number of terminal acetylenes is 1. The minimum Gasteiger partial charge on any atom is -0.180 e. The quantitative estimate of drug-likeness (QED) is 0.381. The summed E-state index contributed by atoms with van der Waals surface area (Å²) in [7, 11) is -1.31. The smallest absolute Gasteiger partial charge is 0.180 e. The molecule has 0 aliphatic carbocycles. The summed E-state index contributed by atoms with van der Waals surface area (Å²) >= 11 is 0. The van der Waals surface area contributed by atoms with E-state index in [1.165, 1.54) is 0 Å². The van der Waals surface area contributed by atoms with Crippen molar-refractivity contribution in [1.82, 2.24) is 0 Å². The molecule has 15 heavy (non-hydrogen) atoms. The summed E-state index contributed by atoms with van der Waals surface area (Å²) in [6.45, 7) is 7.27. The maximum Gasteiger partial charge on any atom is 0.257 e. The Morgan fingerprint density at radius 2 is 2.07 bits per heavy atom. The van der Waals surface area contributed by atoms with Crippen LogP contribution in [0.15, 0.2) is 24.4 Å². The lowest BCUT2D eigenvalue weighted by Crippen LogP contribution is -2.36. The Morgan fingerprint density at radius 3 is 2.67 bits per heavy atom. The fourth-order valence-corrected chi connectivity index (χ4v) is 1.58.